The molecule has 1 N–H and O–H groups in total. The number of halogens is 5. The van der Waals surface area contributed by atoms with E-state index < -0.39 is 71.4 Å². The Morgan fingerprint density at radius 1 is 0.455 bits per heavy atom. The second-order valence-electron chi connectivity index (χ2n) is 8.25. The molecule has 0 aromatic heterocycles. The van der Waals surface area contributed by atoms with Crippen molar-refractivity contribution in [3.8, 4) is 5.75 Å². The number of carboxylic acids is 1. The van der Waals surface area contributed by atoms with Gasteiger partial charge in [0.15, 0.2) is 0 Å². The summed E-state index contributed by atoms with van der Waals surface area (Å²) in [6.45, 7) is 2.30. The highest BCUT2D eigenvalue weighted by molar-refractivity contribution is 6.32. The number of esters is 2. The predicted molar refractivity (Wildman–Crippen MR) is 134 cm³/mol. The molecular formula is C26H33F5O13. The van der Waals surface area contributed by atoms with Gasteiger partial charge in [0, 0.05) is 6.42 Å². The first-order valence-electron chi connectivity index (χ1n) is 13.2. The number of ether oxygens (including phenoxy) is 8. The number of aliphatic carboxylic acids is 1. The third-order valence-corrected chi connectivity index (χ3v) is 4.98. The van der Waals surface area contributed by atoms with Crippen LogP contribution in [-0.4, -0.2) is 115 Å². The Labute approximate surface area is 248 Å². The van der Waals surface area contributed by atoms with Crippen molar-refractivity contribution < 1.29 is 84.1 Å². The molecule has 44 heavy (non-hydrogen) atoms. The number of benzene rings is 1. The van der Waals surface area contributed by atoms with Gasteiger partial charge in [0.25, 0.3) is 0 Å². The Kier molecular flexibility index (Phi) is 20.4. The summed E-state index contributed by atoms with van der Waals surface area (Å²) in [5.41, 5.74) is 0. The van der Waals surface area contributed by atoms with Crippen LogP contribution in [0.25, 0.3) is 0 Å². The lowest BCUT2D eigenvalue weighted by Gasteiger charge is -2.09. The average molecular weight is 649 g/mol. The Bertz CT molecular complexity index is 1030. The molecule has 0 aliphatic rings. The average Bonchev–Trinajstić information content (AvgIpc) is 3.00. The molecule has 0 fully saturated rings. The summed E-state index contributed by atoms with van der Waals surface area (Å²) in [5, 5.41) is 8.41. The van der Waals surface area contributed by atoms with Gasteiger partial charge < -0.3 is 43.0 Å². The fourth-order valence-corrected chi connectivity index (χ4v) is 2.81. The molecule has 0 aliphatic heterocycles. The van der Waals surface area contributed by atoms with Gasteiger partial charge in [-0.25, -0.2) is 18.0 Å². The molecule has 0 aliphatic carbocycles. The number of hydrogen-bond acceptors (Lipinski definition) is 12. The Hall–Kier alpha value is -3.29. The molecule has 0 heterocycles. The molecule has 0 saturated heterocycles. The number of carbonyl (C=O) groups is 4. The maximum absolute atomic E-state index is 13.5. The minimum Gasteiger partial charge on any atom is -0.476 e. The molecule has 0 saturated carbocycles. The van der Waals surface area contributed by atoms with Crippen LogP contribution in [0.2, 0.25) is 0 Å². The van der Waals surface area contributed by atoms with Crippen LogP contribution in [0.1, 0.15) is 19.3 Å². The minimum absolute atomic E-state index is 0.0367. The zero-order chi connectivity index (χ0) is 32.7. The molecule has 0 radical (unpaired) electrons. The lowest BCUT2D eigenvalue weighted by molar-refractivity contribution is -0.151. The number of rotatable bonds is 26. The van der Waals surface area contributed by atoms with Crippen molar-refractivity contribution in [2.24, 2.45) is 0 Å². The summed E-state index contributed by atoms with van der Waals surface area (Å²) >= 11 is 0. The van der Waals surface area contributed by atoms with E-state index in [1.54, 1.807) is 0 Å². The summed E-state index contributed by atoms with van der Waals surface area (Å²) in [6, 6.07) is 0. The van der Waals surface area contributed by atoms with Crippen molar-refractivity contribution in [1.29, 1.82) is 0 Å². The lowest BCUT2D eigenvalue weighted by Crippen LogP contribution is -2.17. The fourth-order valence-electron chi connectivity index (χ4n) is 2.81. The molecule has 0 spiro atoms. The smallest absolute Gasteiger partial charge is 0.372 e. The molecule has 0 unspecified atom stereocenters. The topological polar surface area (TPSA) is 162 Å². The maximum atomic E-state index is 13.5. The third-order valence-electron chi connectivity index (χ3n) is 4.98. The van der Waals surface area contributed by atoms with E-state index in [1.807, 2.05) is 0 Å². The van der Waals surface area contributed by atoms with Gasteiger partial charge in [-0.05, 0) is 0 Å². The highest BCUT2D eigenvalue weighted by Gasteiger charge is 2.28. The van der Waals surface area contributed by atoms with Crippen LogP contribution in [-0.2, 0) is 52.3 Å². The van der Waals surface area contributed by atoms with Crippen molar-refractivity contribution in [3.63, 3.8) is 0 Å². The van der Waals surface area contributed by atoms with Crippen molar-refractivity contribution in [1.82, 2.24) is 0 Å². The van der Waals surface area contributed by atoms with Gasteiger partial charge in [-0.2, -0.15) is 8.78 Å². The normalized spacial score (nSPS) is 11.0. The number of ketones is 1. The van der Waals surface area contributed by atoms with E-state index in [4.69, 9.17) is 38.3 Å². The number of hydrogen-bond donors (Lipinski definition) is 1. The van der Waals surface area contributed by atoms with E-state index in [0.717, 1.165) is 0 Å². The van der Waals surface area contributed by atoms with Crippen molar-refractivity contribution in [2.75, 3.05) is 85.9 Å². The van der Waals surface area contributed by atoms with Crippen molar-refractivity contribution >= 4 is 23.7 Å². The first kappa shape index (κ1) is 38.7. The Morgan fingerprint density at radius 3 is 1.23 bits per heavy atom. The third kappa shape index (κ3) is 16.5. The molecule has 1 aromatic rings. The highest BCUT2D eigenvalue weighted by atomic mass is 19.2. The van der Waals surface area contributed by atoms with E-state index in [0.29, 0.717) is 26.4 Å². The van der Waals surface area contributed by atoms with Gasteiger partial charge in [0.1, 0.15) is 6.61 Å². The summed E-state index contributed by atoms with van der Waals surface area (Å²) in [7, 11) is 0. The van der Waals surface area contributed by atoms with Crippen LogP contribution in [0.15, 0.2) is 0 Å². The number of carbonyl (C=O) groups excluding carboxylic acids is 3. The molecule has 250 valence electrons. The van der Waals surface area contributed by atoms with E-state index >= 15 is 0 Å². The minimum atomic E-state index is -2.36. The van der Waals surface area contributed by atoms with E-state index in [2.05, 4.69) is 4.74 Å². The standard InChI is InChI=1S/C26H33F5O13/c27-20-21(28)23(30)25(24(31)22(20)29)44-19(34)3-4-37-5-6-38-7-8-39-9-10-40-11-12-41-13-14-42-15-16-43-18(33)2-1-17(32)26(35)36/h1-16H2,(H,35,36). The van der Waals surface area contributed by atoms with Crippen LogP contribution in [0.4, 0.5) is 22.0 Å². The summed E-state index contributed by atoms with van der Waals surface area (Å²) in [4.78, 5) is 44.1. The Balaban J connectivity index is 1.85. The molecule has 1 aromatic carbocycles. The number of carboxylic acid groups (broad SMARTS) is 1. The molecule has 0 bridgehead atoms. The second kappa shape index (κ2) is 23.1. The monoisotopic (exact) mass is 648 g/mol. The highest BCUT2D eigenvalue weighted by Crippen LogP contribution is 2.29. The van der Waals surface area contributed by atoms with Crippen LogP contribution in [0, 0.1) is 29.1 Å². The van der Waals surface area contributed by atoms with Crippen LogP contribution in [0.5, 0.6) is 5.75 Å². The first-order valence-corrected chi connectivity index (χ1v) is 13.2. The van der Waals surface area contributed by atoms with Crippen molar-refractivity contribution in [2.45, 2.75) is 19.3 Å². The van der Waals surface area contributed by atoms with Gasteiger partial charge in [0.05, 0.1) is 92.1 Å². The molecule has 18 heteroatoms. The second-order valence-corrected chi connectivity index (χ2v) is 8.25. The van der Waals surface area contributed by atoms with Gasteiger partial charge in [-0.1, -0.05) is 0 Å². The van der Waals surface area contributed by atoms with Crippen molar-refractivity contribution in [3.05, 3.63) is 29.1 Å². The summed E-state index contributed by atoms with van der Waals surface area (Å²) in [6.07, 6.45) is -1.25. The maximum Gasteiger partial charge on any atom is 0.372 e. The zero-order valence-electron chi connectivity index (χ0n) is 23.5. The van der Waals surface area contributed by atoms with Gasteiger partial charge in [-0.15, -0.1) is 0 Å². The summed E-state index contributed by atoms with van der Waals surface area (Å²) in [5.74, 6) is -17.6. The fraction of sp³-hybridized carbons (Fsp3) is 0.615. The first-order chi connectivity index (χ1) is 21.1. The molecule has 13 nitrogen and oxygen atoms in total. The van der Waals surface area contributed by atoms with Gasteiger partial charge in [0.2, 0.25) is 40.6 Å². The predicted octanol–water partition coefficient (Wildman–Crippen LogP) is 1.75. The molecule has 1 rings (SSSR count). The van der Waals surface area contributed by atoms with Crippen LogP contribution in [0.3, 0.4) is 0 Å². The SMILES string of the molecule is O=C(CCC(=O)C(=O)O)OCCOCCOCCOCCOCCOCCOCCC(=O)Oc1c(F)c(F)c(F)c(F)c1F. The molecule has 0 amide bonds. The van der Waals surface area contributed by atoms with Crippen LogP contribution >= 0.6 is 0 Å². The van der Waals surface area contributed by atoms with E-state index in [1.165, 1.54) is 0 Å². The zero-order valence-corrected chi connectivity index (χ0v) is 23.5. The summed E-state index contributed by atoms with van der Waals surface area (Å²) < 4.78 is 107. The largest absolute Gasteiger partial charge is 0.476 e. The van der Waals surface area contributed by atoms with Gasteiger partial charge in [-0.3, -0.25) is 14.4 Å². The number of Topliss-reactive ketones (excluding diaryl/α,β-unsaturated/α-hetero) is 1. The molecule has 0 atom stereocenters. The van der Waals surface area contributed by atoms with E-state index in [9.17, 15) is 41.1 Å². The lowest BCUT2D eigenvalue weighted by atomic mass is 10.2. The van der Waals surface area contributed by atoms with E-state index in [-0.39, 0.29) is 65.9 Å². The molecular weight excluding hydrogens is 615 g/mol. The quantitative estimate of drug-likeness (QED) is 0.0294. The Morgan fingerprint density at radius 2 is 0.818 bits per heavy atom. The van der Waals surface area contributed by atoms with Crippen LogP contribution < -0.4 is 4.74 Å². The van der Waals surface area contributed by atoms with Gasteiger partial charge >= 0.3 is 17.9 Å².